The van der Waals surface area contributed by atoms with E-state index in [2.05, 4.69) is 10.0 Å². The molecule has 98 valence electrons. The minimum Gasteiger partial charge on any atom is -0.320 e. The first kappa shape index (κ1) is 14.6. The number of nitriles is 1. The highest BCUT2D eigenvalue weighted by atomic mass is 32.2. The highest BCUT2D eigenvalue weighted by Crippen LogP contribution is 2.10. The Morgan fingerprint density at radius 2 is 2.00 bits per heavy atom. The van der Waals surface area contributed by atoms with Crippen LogP contribution >= 0.6 is 0 Å². The van der Waals surface area contributed by atoms with Crippen LogP contribution in [0.1, 0.15) is 17.5 Å². The van der Waals surface area contributed by atoms with Gasteiger partial charge < -0.3 is 5.32 Å². The number of nitrogens with one attached hydrogen (secondary N) is 2. The molecule has 1 aromatic carbocycles. The second kappa shape index (κ2) is 7.11. The van der Waals surface area contributed by atoms with Gasteiger partial charge in [0, 0.05) is 6.54 Å². The summed E-state index contributed by atoms with van der Waals surface area (Å²) in [6.45, 7) is 1.16. The van der Waals surface area contributed by atoms with Crippen LogP contribution in [0.15, 0.2) is 24.3 Å². The van der Waals surface area contributed by atoms with E-state index in [1.165, 1.54) is 0 Å². The summed E-state index contributed by atoms with van der Waals surface area (Å²) in [7, 11) is -1.56. The molecule has 6 heteroatoms. The number of hydrogen-bond acceptors (Lipinski definition) is 4. The normalized spacial score (nSPS) is 11.1. The van der Waals surface area contributed by atoms with Gasteiger partial charge in [-0.2, -0.15) is 5.26 Å². The smallest absolute Gasteiger partial charge is 0.215 e. The molecule has 1 rings (SSSR count). The molecule has 2 N–H and O–H groups in total. The molecule has 0 heterocycles. The fourth-order valence-corrected chi connectivity index (χ4v) is 2.72. The zero-order valence-electron chi connectivity index (χ0n) is 10.3. The molecule has 0 fully saturated rings. The maximum atomic E-state index is 11.8. The van der Waals surface area contributed by atoms with E-state index in [1.807, 2.05) is 13.1 Å². The van der Waals surface area contributed by atoms with Crippen LogP contribution in [0, 0.1) is 11.3 Å². The summed E-state index contributed by atoms with van der Waals surface area (Å²) in [5, 5.41) is 11.8. The molecule has 0 aliphatic rings. The van der Waals surface area contributed by atoms with E-state index in [4.69, 9.17) is 5.26 Å². The Morgan fingerprint density at radius 3 is 2.67 bits per heavy atom. The standard InChI is InChI=1S/C12H17N3O2S/c1-14-7-4-8-15-18(16,17)10-12-6-3-2-5-11(12)9-13/h2-3,5-6,14-15H,4,7-8,10H2,1H3. The monoisotopic (exact) mass is 267 g/mol. The molecule has 0 amide bonds. The predicted molar refractivity (Wildman–Crippen MR) is 70.3 cm³/mol. The van der Waals surface area contributed by atoms with Gasteiger partial charge in [0.05, 0.1) is 17.4 Å². The zero-order valence-corrected chi connectivity index (χ0v) is 11.1. The van der Waals surface area contributed by atoms with Gasteiger partial charge in [-0.3, -0.25) is 0 Å². The molecule has 18 heavy (non-hydrogen) atoms. The van der Waals surface area contributed by atoms with E-state index in [0.717, 1.165) is 13.0 Å². The Labute approximate surface area is 108 Å². The molecule has 0 spiro atoms. The average molecular weight is 267 g/mol. The Balaban J connectivity index is 2.63. The molecule has 0 radical (unpaired) electrons. The van der Waals surface area contributed by atoms with Crippen LogP contribution in [0.4, 0.5) is 0 Å². The van der Waals surface area contributed by atoms with Gasteiger partial charge in [-0.1, -0.05) is 18.2 Å². The van der Waals surface area contributed by atoms with Crippen molar-refractivity contribution in [1.82, 2.24) is 10.0 Å². The van der Waals surface area contributed by atoms with E-state index >= 15 is 0 Å². The lowest BCUT2D eigenvalue weighted by molar-refractivity contribution is 0.576. The quantitative estimate of drug-likeness (QED) is 0.708. The Morgan fingerprint density at radius 1 is 1.28 bits per heavy atom. The van der Waals surface area contributed by atoms with Crippen LogP contribution in [0.5, 0.6) is 0 Å². The highest BCUT2D eigenvalue weighted by molar-refractivity contribution is 7.88. The first-order chi connectivity index (χ1) is 8.59. The van der Waals surface area contributed by atoms with Crippen molar-refractivity contribution in [3.8, 4) is 6.07 Å². The second-order valence-corrected chi connectivity index (χ2v) is 5.69. The van der Waals surface area contributed by atoms with Crippen molar-refractivity contribution in [2.45, 2.75) is 12.2 Å². The third-order valence-electron chi connectivity index (χ3n) is 2.41. The fraction of sp³-hybridized carbons (Fsp3) is 0.417. The summed E-state index contributed by atoms with van der Waals surface area (Å²) in [5.74, 6) is -0.156. The first-order valence-electron chi connectivity index (χ1n) is 5.69. The van der Waals surface area contributed by atoms with E-state index < -0.39 is 10.0 Å². The van der Waals surface area contributed by atoms with Crippen molar-refractivity contribution < 1.29 is 8.42 Å². The van der Waals surface area contributed by atoms with Crippen LogP contribution in [0.2, 0.25) is 0 Å². The highest BCUT2D eigenvalue weighted by Gasteiger charge is 2.13. The van der Waals surface area contributed by atoms with Crippen molar-refractivity contribution in [3.63, 3.8) is 0 Å². The lowest BCUT2D eigenvalue weighted by atomic mass is 10.1. The second-order valence-electron chi connectivity index (χ2n) is 3.88. The van der Waals surface area contributed by atoms with Crippen molar-refractivity contribution in [2.24, 2.45) is 0 Å². The van der Waals surface area contributed by atoms with Crippen molar-refractivity contribution in [2.75, 3.05) is 20.1 Å². The Bertz CT molecular complexity index is 520. The summed E-state index contributed by atoms with van der Waals surface area (Å²) < 4.78 is 26.1. The van der Waals surface area contributed by atoms with E-state index in [9.17, 15) is 8.42 Å². The maximum absolute atomic E-state index is 11.8. The van der Waals surface area contributed by atoms with E-state index in [0.29, 0.717) is 17.7 Å². The fourth-order valence-electron chi connectivity index (χ4n) is 1.50. The van der Waals surface area contributed by atoms with Gasteiger partial charge in [-0.05, 0) is 31.6 Å². The molecule has 0 unspecified atom stereocenters. The summed E-state index contributed by atoms with van der Waals surface area (Å²) >= 11 is 0. The van der Waals surface area contributed by atoms with E-state index in [-0.39, 0.29) is 5.75 Å². The lowest BCUT2D eigenvalue weighted by Gasteiger charge is -2.07. The van der Waals surface area contributed by atoms with Gasteiger partial charge in [0.15, 0.2) is 0 Å². The molecule has 0 aliphatic carbocycles. The summed E-state index contributed by atoms with van der Waals surface area (Å²) in [6.07, 6.45) is 0.732. The Hall–Kier alpha value is -1.42. The van der Waals surface area contributed by atoms with Crippen LogP contribution < -0.4 is 10.0 Å². The molecule has 1 aromatic rings. The van der Waals surface area contributed by atoms with Gasteiger partial charge in [-0.15, -0.1) is 0 Å². The summed E-state index contributed by atoms with van der Waals surface area (Å²) in [4.78, 5) is 0. The molecule has 0 aliphatic heterocycles. The molecule has 0 saturated carbocycles. The Kier molecular flexibility index (Phi) is 5.78. The summed E-state index contributed by atoms with van der Waals surface area (Å²) in [6, 6.07) is 8.71. The number of nitrogens with zero attached hydrogens (tertiary/aromatic N) is 1. The van der Waals surface area contributed by atoms with Crippen LogP contribution in [-0.2, 0) is 15.8 Å². The molecule has 0 saturated heterocycles. The van der Waals surface area contributed by atoms with Crippen molar-refractivity contribution >= 4 is 10.0 Å². The molecular formula is C12H17N3O2S. The summed E-state index contributed by atoms with van der Waals surface area (Å²) in [5.41, 5.74) is 0.930. The minimum atomic E-state index is -3.38. The number of sulfonamides is 1. The van der Waals surface area contributed by atoms with Gasteiger partial charge in [0.25, 0.3) is 0 Å². The zero-order chi connectivity index (χ0) is 13.4. The molecule has 0 aromatic heterocycles. The van der Waals surface area contributed by atoms with Gasteiger partial charge in [0.2, 0.25) is 10.0 Å². The van der Waals surface area contributed by atoms with Crippen molar-refractivity contribution in [3.05, 3.63) is 35.4 Å². The number of benzene rings is 1. The lowest BCUT2D eigenvalue weighted by Crippen LogP contribution is -2.28. The largest absolute Gasteiger partial charge is 0.320 e. The molecule has 0 atom stereocenters. The molecular weight excluding hydrogens is 250 g/mol. The predicted octanol–water partition coefficient (Wildman–Crippen LogP) is 0.587. The number of rotatable bonds is 7. The average Bonchev–Trinajstić information content (AvgIpc) is 2.35. The van der Waals surface area contributed by atoms with Gasteiger partial charge in [0.1, 0.15) is 0 Å². The molecule has 0 bridgehead atoms. The van der Waals surface area contributed by atoms with E-state index in [1.54, 1.807) is 24.3 Å². The maximum Gasteiger partial charge on any atom is 0.215 e. The minimum absolute atomic E-state index is 0.156. The SMILES string of the molecule is CNCCCNS(=O)(=O)Cc1ccccc1C#N. The van der Waals surface area contributed by atoms with Crippen LogP contribution in [-0.4, -0.2) is 28.6 Å². The van der Waals surface area contributed by atoms with Crippen LogP contribution in [0.3, 0.4) is 0 Å². The first-order valence-corrected chi connectivity index (χ1v) is 7.34. The van der Waals surface area contributed by atoms with Crippen molar-refractivity contribution in [1.29, 1.82) is 5.26 Å². The number of hydrogen-bond donors (Lipinski definition) is 2. The topological polar surface area (TPSA) is 82.0 Å². The van der Waals surface area contributed by atoms with Gasteiger partial charge >= 0.3 is 0 Å². The van der Waals surface area contributed by atoms with Crippen LogP contribution in [0.25, 0.3) is 0 Å². The third-order valence-corrected chi connectivity index (χ3v) is 3.74. The molecule has 5 nitrogen and oxygen atoms in total. The van der Waals surface area contributed by atoms with Gasteiger partial charge in [-0.25, -0.2) is 13.1 Å². The third kappa shape index (κ3) is 4.84.